The van der Waals surface area contributed by atoms with Crippen LogP contribution in [0.4, 0.5) is 10.1 Å². The Morgan fingerprint density at radius 2 is 2.10 bits per heavy atom. The van der Waals surface area contributed by atoms with Crippen LogP contribution in [0.2, 0.25) is 0 Å². The summed E-state index contributed by atoms with van der Waals surface area (Å²) in [5.74, 6) is -1.18. The topological polar surface area (TPSA) is 29.5 Å². The van der Waals surface area contributed by atoms with Crippen LogP contribution in [0.25, 0.3) is 0 Å². The smallest absolute Gasteiger partial charge is 0.340 e. The second kappa shape index (κ2) is 5.56. The van der Waals surface area contributed by atoms with E-state index in [0.29, 0.717) is 6.54 Å². The van der Waals surface area contributed by atoms with Gasteiger partial charge in [-0.15, -0.1) is 0 Å². The van der Waals surface area contributed by atoms with E-state index in [-0.39, 0.29) is 5.56 Å². The molecular formula is C17H16FNO2. The zero-order valence-electron chi connectivity index (χ0n) is 11.8. The van der Waals surface area contributed by atoms with Gasteiger partial charge in [0.05, 0.1) is 12.7 Å². The molecule has 0 aliphatic carbocycles. The van der Waals surface area contributed by atoms with E-state index in [4.69, 9.17) is 0 Å². The summed E-state index contributed by atoms with van der Waals surface area (Å²) in [6, 6.07) is 12.9. The van der Waals surface area contributed by atoms with Crippen molar-refractivity contribution >= 4 is 11.7 Å². The molecule has 0 saturated heterocycles. The SMILES string of the molecule is COC(=O)c1ccc(CN2CCc3ccccc32)cc1F. The summed E-state index contributed by atoms with van der Waals surface area (Å²) in [6.45, 7) is 1.56. The van der Waals surface area contributed by atoms with E-state index in [1.807, 2.05) is 12.1 Å². The van der Waals surface area contributed by atoms with Crippen molar-refractivity contribution in [2.45, 2.75) is 13.0 Å². The molecule has 2 aromatic carbocycles. The molecule has 3 nitrogen and oxygen atoms in total. The average molecular weight is 285 g/mol. The Morgan fingerprint density at radius 3 is 2.86 bits per heavy atom. The summed E-state index contributed by atoms with van der Waals surface area (Å²) in [4.78, 5) is 13.6. The van der Waals surface area contributed by atoms with Crippen LogP contribution in [0.1, 0.15) is 21.5 Å². The number of carbonyl (C=O) groups excluding carboxylic acids is 1. The molecule has 0 N–H and O–H groups in total. The lowest BCUT2D eigenvalue weighted by Crippen LogP contribution is -2.20. The van der Waals surface area contributed by atoms with Crippen molar-refractivity contribution in [1.82, 2.24) is 0 Å². The molecule has 0 fully saturated rings. The Balaban J connectivity index is 1.81. The molecule has 0 amide bonds. The highest BCUT2D eigenvalue weighted by Crippen LogP contribution is 2.29. The summed E-state index contributed by atoms with van der Waals surface area (Å²) in [5.41, 5.74) is 3.35. The molecule has 2 aromatic rings. The maximum Gasteiger partial charge on any atom is 0.340 e. The molecule has 21 heavy (non-hydrogen) atoms. The first-order chi connectivity index (χ1) is 10.2. The summed E-state index contributed by atoms with van der Waals surface area (Å²) in [7, 11) is 1.25. The quantitative estimate of drug-likeness (QED) is 0.811. The van der Waals surface area contributed by atoms with Crippen LogP contribution in [0.3, 0.4) is 0 Å². The van der Waals surface area contributed by atoms with Gasteiger partial charge in [-0.25, -0.2) is 9.18 Å². The number of halogens is 1. The van der Waals surface area contributed by atoms with Gasteiger partial charge < -0.3 is 9.64 Å². The Labute approximate surface area is 123 Å². The van der Waals surface area contributed by atoms with Gasteiger partial charge in [-0.1, -0.05) is 24.3 Å². The number of hydrogen-bond donors (Lipinski definition) is 0. The van der Waals surface area contributed by atoms with Gasteiger partial charge in [0.15, 0.2) is 0 Å². The maximum absolute atomic E-state index is 13.9. The first-order valence-electron chi connectivity index (χ1n) is 6.88. The Kier molecular flexibility index (Phi) is 3.60. The molecule has 108 valence electrons. The summed E-state index contributed by atoms with van der Waals surface area (Å²) >= 11 is 0. The molecule has 0 radical (unpaired) electrons. The van der Waals surface area contributed by atoms with E-state index in [2.05, 4.69) is 21.8 Å². The first kappa shape index (κ1) is 13.6. The fourth-order valence-corrected chi connectivity index (χ4v) is 2.72. The number of methoxy groups -OCH3 is 1. The molecule has 0 atom stereocenters. The fourth-order valence-electron chi connectivity index (χ4n) is 2.72. The van der Waals surface area contributed by atoms with Crippen LogP contribution in [-0.4, -0.2) is 19.6 Å². The van der Waals surface area contributed by atoms with Crippen LogP contribution in [0.5, 0.6) is 0 Å². The van der Waals surface area contributed by atoms with Gasteiger partial charge in [0, 0.05) is 18.8 Å². The van der Waals surface area contributed by atoms with Crippen molar-refractivity contribution in [1.29, 1.82) is 0 Å². The summed E-state index contributed by atoms with van der Waals surface area (Å²) in [5, 5.41) is 0. The number of fused-ring (bicyclic) bond motifs is 1. The maximum atomic E-state index is 13.9. The van der Waals surface area contributed by atoms with Gasteiger partial charge >= 0.3 is 5.97 Å². The number of carbonyl (C=O) groups is 1. The van der Waals surface area contributed by atoms with Crippen LogP contribution < -0.4 is 4.90 Å². The van der Waals surface area contributed by atoms with E-state index < -0.39 is 11.8 Å². The minimum Gasteiger partial charge on any atom is -0.465 e. The molecule has 1 heterocycles. The van der Waals surface area contributed by atoms with Crippen molar-refractivity contribution in [2.24, 2.45) is 0 Å². The summed E-state index contributed by atoms with van der Waals surface area (Å²) in [6.07, 6.45) is 1.01. The molecule has 0 saturated carbocycles. The first-order valence-corrected chi connectivity index (χ1v) is 6.88. The normalized spacial score (nSPS) is 13.1. The van der Waals surface area contributed by atoms with E-state index in [1.165, 1.54) is 30.5 Å². The number of benzene rings is 2. The van der Waals surface area contributed by atoms with Crippen LogP contribution in [0.15, 0.2) is 42.5 Å². The lowest BCUT2D eigenvalue weighted by Gasteiger charge is -2.19. The van der Waals surface area contributed by atoms with Crippen molar-refractivity contribution in [2.75, 3.05) is 18.6 Å². The van der Waals surface area contributed by atoms with Crippen molar-refractivity contribution < 1.29 is 13.9 Å². The predicted molar refractivity (Wildman–Crippen MR) is 78.9 cm³/mol. The van der Waals surface area contributed by atoms with Crippen molar-refractivity contribution in [3.8, 4) is 0 Å². The predicted octanol–water partition coefficient (Wildman–Crippen LogP) is 3.18. The monoisotopic (exact) mass is 285 g/mol. The van der Waals surface area contributed by atoms with Crippen LogP contribution in [0, 0.1) is 5.82 Å². The second-order valence-corrected chi connectivity index (χ2v) is 5.11. The van der Waals surface area contributed by atoms with E-state index in [9.17, 15) is 9.18 Å². The van der Waals surface area contributed by atoms with E-state index >= 15 is 0 Å². The third kappa shape index (κ3) is 2.61. The standard InChI is InChI=1S/C17H16FNO2/c1-21-17(20)14-7-6-12(10-15(14)18)11-19-9-8-13-4-2-3-5-16(13)19/h2-7,10H,8-9,11H2,1H3. The molecule has 0 aromatic heterocycles. The third-order valence-electron chi connectivity index (χ3n) is 3.80. The molecule has 1 aliphatic rings. The second-order valence-electron chi connectivity index (χ2n) is 5.11. The van der Waals surface area contributed by atoms with Gasteiger partial charge in [-0.05, 0) is 35.7 Å². The number of nitrogens with zero attached hydrogens (tertiary/aromatic N) is 1. The molecule has 1 aliphatic heterocycles. The largest absolute Gasteiger partial charge is 0.465 e. The number of hydrogen-bond acceptors (Lipinski definition) is 3. The zero-order chi connectivity index (χ0) is 14.8. The fraction of sp³-hybridized carbons (Fsp3) is 0.235. The lowest BCUT2D eigenvalue weighted by atomic mass is 10.1. The average Bonchev–Trinajstić information content (AvgIpc) is 2.90. The molecule has 4 heteroatoms. The van der Waals surface area contributed by atoms with Crippen molar-refractivity contribution in [3.63, 3.8) is 0 Å². The van der Waals surface area contributed by atoms with Crippen LogP contribution >= 0.6 is 0 Å². The number of esters is 1. The molecule has 0 unspecified atom stereocenters. The van der Waals surface area contributed by atoms with Crippen LogP contribution in [-0.2, 0) is 17.7 Å². The molecule has 3 rings (SSSR count). The number of anilines is 1. The van der Waals surface area contributed by atoms with Gasteiger partial charge in [-0.2, -0.15) is 0 Å². The lowest BCUT2D eigenvalue weighted by molar-refractivity contribution is 0.0595. The highest BCUT2D eigenvalue weighted by Gasteiger charge is 2.19. The molecule has 0 bridgehead atoms. The van der Waals surface area contributed by atoms with Crippen molar-refractivity contribution in [3.05, 3.63) is 65.0 Å². The molecule has 0 spiro atoms. The highest BCUT2D eigenvalue weighted by molar-refractivity contribution is 5.89. The number of rotatable bonds is 3. The highest BCUT2D eigenvalue weighted by atomic mass is 19.1. The minimum absolute atomic E-state index is 0.0249. The Bertz CT molecular complexity index is 684. The number of para-hydroxylation sites is 1. The molecular weight excluding hydrogens is 269 g/mol. The number of ether oxygens (including phenoxy) is 1. The van der Waals surface area contributed by atoms with E-state index in [0.717, 1.165) is 18.5 Å². The van der Waals surface area contributed by atoms with Gasteiger partial charge in [-0.3, -0.25) is 0 Å². The van der Waals surface area contributed by atoms with E-state index in [1.54, 1.807) is 6.07 Å². The Morgan fingerprint density at radius 1 is 1.29 bits per heavy atom. The van der Waals surface area contributed by atoms with Gasteiger partial charge in [0.25, 0.3) is 0 Å². The third-order valence-corrected chi connectivity index (χ3v) is 3.80. The van der Waals surface area contributed by atoms with Gasteiger partial charge in [0.1, 0.15) is 5.82 Å². The minimum atomic E-state index is -0.648. The van der Waals surface area contributed by atoms with Gasteiger partial charge in [0.2, 0.25) is 0 Å². The Hall–Kier alpha value is -2.36. The summed E-state index contributed by atoms with van der Waals surface area (Å²) < 4.78 is 18.5. The zero-order valence-corrected chi connectivity index (χ0v) is 11.8.